The average Bonchev–Trinajstić information content (AvgIpc) is 0.805. The van der Waals surface area contributed by atoms with Gasteiger partial charge in [-0.1, -0.05) is 291 Å². The molecule has 558 valence electrons. The molecular weight excluding hydrogens is 1430 g/mol. The predicted molar refractivity (Wildman–Crippen MR) is 461 cm³/mol. The summed E-state index contributed by atoms with van der Waals surface area (Å²) < 4.78 is 0. The van der Waals surface area contributed by atoms with Gasteiger partial charge in [0.2, 0.25) is 0 Å². The van der Waals surface area contributed by atoms with Crippen molar-refractivity contribution in [2.45, 2.75) is 55.4 Å². The Hall–Kier alpha value is -15.2. The molecule has 0 N–H and O–H groups in total. The zero-order chi connectivity index (χ0) is 79.4. The highest BCUT2D eigenvalue weighted by Crippen LogP contribution is 2.34. The van der Waals surface area contributed by atoms with Crippen LogP contribution in [0.5, 0.6) is 0 Å². The van der Waals surface area contributed by atoms with Crippen LogP contribution in [0.2, 0.25) is 0 Å². The highest BCUT2D eigenvalue weighted by molar-refractivity contribution is 5.77. The summed E-state index contributed by atoms with van der Waals surface area (Å²) in [4.78, 5) is 80.2. The summed E-state index contributed by atoms with van der Waals surface area (Å²) in [7, 11) is 0. The van der Waals surface area contributed by atoms with Crippen molar-refractivity contribution < 1.29 is 0 Å². The molecular formula is C99H77N17. The third-order valence-corrected chi connectivity index (χ3v) is 19.0. The summed E-state index contributed by atoms with van der Waals surface area (Å²) in [6.45, 7) is 15.9. The van der Waals surface area contributed by atoms with E-state index in [4.69, 9.17) is 44.9 Å². The molecule has 0 bridgehead atoms. The Morgan fingerprint density at radius 2 is 0.233 bits per heavy atom. The van der Waals surface area contributed by atoms with E-state index >= 15 is 0 Å². The lowest BCUT2D eigenvalue weighted by Crippen LogP contribution is -2.00. The van der Waals surface area contributed by atoms with Crippen LogP contribution >= 0.6 is 0 Å². The van der Waals surface area contributed by atoms with E-state index in [9.17, 15) is 0 Å². The maximum absolute atomic E-state index is 4.88. The minimum Gasteiger partial charge on any atom is -0.233 e. The van der Waals surface area contributed by atoms with Crippen LogP contribution in [0.4, 0.5) is 0 Å². The van der Waals surface area contributed by atoms with Crippen LogP contribution in [0.3, 0.4) is 0 Å². The topological polar surface area (TPSA) is 219 Å². The molecule has 0 fully saturated rings. The van der Waals surface area contributed by atoms with Crippen LogP contribution < -0.4 is 0 Å². The minimum atomic E-state index is 0.596. The second kappa shape index (κ2) is 34.2. The van der Waals surface area contributed by atoms with Crippen molar-refractivity contribution in [2.75, 3.05) is 0 Å². The van der Waals surface area contributed by atoms with E-state index in [-0.39, 0.29) is 0 Å². The standard InChI is InChI=1S/C33H27N7.2C33H25N5/c1-20-18-21(2)35-29(34-20)25-10-14-27(15-11-25)32-38-31(24-8-6-5-7-9-24)39-33(40-32)28-16-12-26(13-17-28)30-36-22(3)19-23(4)37-30;1-22-20-23(2)35-30(34-22)27-18-16-24(17-19-27)28-14-9-15-29(21-28)33-37-31(25-10-5-3-6-11-25)36-32(38-33)26-12-7-4-8-13-26;1-22-21-23(2)35-30(34-22)28-17-13-24(14-18-28)25-15-19-29(20-16-25)33-37-31(26-9-5-3-6-10-26)36-32(38-33)27-11-7-4-8-12-27/h5-19H,1-4H3;2*3-21H,1-2H3. The van der Waals surface area contributed by atoms with E-state index in [2.05, 4.69) is 125 Å². The summed E-state index contributed by atoms with van der Waals surface area (Å²) in [6, 6.07) is 107. The molecule has 0 radical (unpaired) electrons. The summed E-state index contributed by atoms with van der Waals surface area (Å²) in [5.41, 5.74) is 24.3. The third-order valence-electron chi connectivity index (χ3n) is 19.0. The molecule has 17 heteroatoms. The lowest BCUT2D eigenvalue weighted by atomic mass is 10.0. The van der Waals surface area contributed by atoms with Crippen LogP contribution in [0, 0.1) is 55.4 Å². The van der Waals surface area contributed by atoms with Crippen molar-refractivity contribution in [3.05, 3.63) is 367 Å². The van der Waals surface area contributed by atoms with Crippen LogP contribution in [-0.2, 0) is 0 Å². The fraction of sp³-hybridized carbons (Fsp3) is 0.0808. The van der Waals surface area contributed by atoms with Crippen LogP contribution in [0.25, 0.3) is 170 Å². The molecule has 0 amide bonds. The van der Waals surface area contributed by atoms with E-state index in [1.165, 1.54) is 0 Å². The monoisotopic (exact) mass is 1500 g/mol. The fourth-order valence-electron chi connectivity index (χ4n) is 13.5. The van der Waals surface area contributed by atoms with Gasteiger partial charge in [-0.3, -0.25) is 0 Å². The number of aryl methyl sites for hydroxylation is 8. The summed E-state index contributed by atoms with van der Waals surface area (Å²) in [6.07, 6.45) is 0. The number of hydrogen-bond acceptors (Lipinski definition) is 17. The summed E-state index contributed by atoms with van der Waals surface area (Å²) in [5.74, 6) is 8.61. The molecule has 0 aliphatic heterocycles. The van der Waals surface area contributed by atoms with Gasteiger partial charge >= 0.3 is 0 Å². The highest BCUT2D eigenvalue weighted by Gasteiger charge is 2.19. The molecule has 17 nitrogen and oxygen atoms in total. The van der Waals surface area contributed by atoms with Gasteiger partial charge in [0.05, 0.1) is 0 Å². The summed E-state index contributed by atoms with van der Waals surface area (Å²) >= 11 is 0. The van der Waals surface area contributed by atoms with Crippen LogP contribution in [0.1, 0.15) is 45.6 Å². The van der Waals surface area contributed by atoms with Crippen LogP contribution in [-0.4, -0.2) is 84.7 Å². The van der Waals surface area contributed by atoms with Crippen molar-refractivity contribution in [3.8, 4) is 170 Å². The second-order valence-electron chi connectivity index (χ2n) is 28.1. The molecule has 0 atom stereocenters. The fourth-order valence-corrected chi connectivity index (χ4v) is 13.5. The zero-order valence-corrected chi connectivity index (χ0v) is 65.2. The lowest BCUT2D eigenvalue weighted by molar-refractivity contribution is 1.06. The van der Waals surface area contributed by atoms with Gasteiger partial charge in [0, 0.05) is 118 Å². The normalized spacial score (nSPS) is 10.9. The first kappa shape index (κ1) is 74.8. The van der Waals surface area contributed by atoms with Gasteiger partial charge in [-0.05, 0) is 108 Å². The molecule has 7 heterocycles. The van der Waals surface area contributed by atoms with E-state index in [0.717, 1.165) is 152 Å². The number of benzene rings is 11. The number of aromatic nitrogens is 17. The quantitative estimate of drug-likeness (QED) is 0.0931. The van der Waals surface area contributed by atoms with Crippen molar-refractivity contribution >= 4 is 0 Å². The average molecular weight is 1500 g/mol. The molecule has 18 rings (SSSR count). The van der Waals surface area contributed by atoms with Gasteiger partial charge in [-0.2, -0.15) is 0 Å². The van der Waals surface area contributed by atoms with Crippen molar-refractivity contribution in [1.82, 2.24) is 84.7 Å². The summed E-state index contributed by atoms with van der Waals surface area (Å²) in [5, 5.41) is 0. The van der Waals surface area contributed by atoms with E-state index in [1.807, 2.05) is 292 Å². The Morgan fingerprint density at radius 3 is 0.422 bits per heavy atom. The smallest absolute Gasteiger partial charge is 0.164 e. The Morgan fingerprint density at radius 1 is 0.103 bits per heavy atom. The number of nitrogens with zero attached hydrogens (tertiary/aromatic N) is 17. The van der Waals surface area contributed by atoms with E-state index in [0.29, 0.717) is 64.1 Å². The molecule has 0 aliphatic rings. The number of hydrogen-bond donors (Lipinski definition) is 0. The van der Waals surface area contributed by atoms with Gasteiger partial charge in [0.25, 0.3) is 0 Å². The SMILES string of the molecule is Cc1cc(C)nc(-c2ccc(-c3ccc(-c4nc(-c5ccccc5)nc(-c5ccccc5)n4)cc3)cc2)n1.Cc1cc(C)nc(-c2ccc(-c3cccc(-c4nc(-c5ccccc5)nc(-c5ccccc5)n4)c3)cc2)n1.Cc1cc(C)nc(-c2ccc(-c3nc(-c4ccccc4)nc(-c4ccc(-c5nc(C)cc(C)n5)cc4)n3)cc2)n1. The molecule has 7 aromatic heterocycles. The Bertz CT molecular complexity index is 6170. The van der Waals surface area contributed by atoms with E-state index < -0.39 is 0 Å². The predicted octanol–water partition coefficient (Wildman–Crippen LogP) is 22.2. The zero-order valence-electron chi connectivity index (χ0n) is 65.2. The molecule has 0 saturated carbocycles. The Labute approximate surface area is 673 Å². The molecule has 0 aliphatic carbocycles. The minimum absolute atomic E-state index is 0.596. The first-order chi connectivity index (χ1) is 56.6. The molecule has 11 aromatic carbocycles. The molecule has 0 saturated heterocycles. The van der Waals surface area contributed by atoms with Gasteiger partial charge in [-0.25, -0.2) is 84.7 Å². The van der Waals surface area contributed by atoms with Gasteiger partial charge < -0.3 is 0 Å². The second-order valence-corrected chi connectivity index (χ2v) is 28.1. The van der Waals surface area contributed by atoms with Gasteiger partial charge in [0.15, 0.2) is 75.7 Å². The first-order valence-corrected chi connectivity index (χ1v) is 38.1. The lowest BCUT2D eigenvalue weighted by Gasteiger charge is -2.10. The van der Waals surface area contributed by atoms with Crippen molar-refractivity contribution in [3.63, 3.8) is 0 Å². The molecule has 18 aromatic rings. The Kier molecular flexibility index (Phi) is 22.0. The number of rotatable bonds is 15. The third kappa shape index (κ3) is 18.0. The molecule has 0 unspecified atom stereocenters. The van der Waals surface area contributed by atoms with Crippen molar-refractivity contribution in [1.29, 1.82) is 0 Å². The van der Waals surface area contributed by atoms with Crippen molar-refractivity contribution in [2.24, 2.45) is 0 Å². The molecule has 0 spiro atoms. The van der Waals surface area contributed by atoms with Gasteiger partial charge in [0.1, 0.15) is 0 Å². The van der Waals surface area contributed by atoms with Gasteiger partial charge in [-0.15, -0.1) is 0 Å². The Balaban J connectivity index is 0.000000131. The molecule has 116 heavy (non-hydrogen) atoms. The highest BCUT2D eigenvalue weighted by atomic mass is 15.1. The maximum atomic E-state index is 4.88. The van der Waals surface area contributed by atoms with E-state index in [1.54, 1.807) is 0 Å². The van der Waals surface area contributed by atoms with Crippen LogP contribution in [0.15, 0.2) is 322 Å². The maximum Gasteiger partial charge on any atom is 0.164 e. The largest absolute Gasteiger partial charge is 0.233 e. The first-order valence-electron chi connectivity index (χ1n) is 38.1.